The second kappa shape index (κ2) is 5.52. The van der Waals surface area contributed by atoms with E-state index < -0.39 is 0 Å². The molecule has 1 aromatic heterocycles. The first-order valence-corrected chi connectivity index (χ1v) is 4.85. The Hall–Kier alpha value is -1.11. The number of rotatable bonds is 5. The van der Waals surface area contributed by atoms with Gasteiger partial charge >= 0.3 is 5.97 Å². The molecule has 1 N–H and O–H groups in total. The van der Waals surface area contributed by atoms with Gasteiger partial charge < -0.3 is 4.74 Å². The minimum Gasteiger partial charge on any atom is -0.469 e. The van der Waals surface area contributed by atoms with Crippen LogP contribution in [0, 0.1) is 0 Å². The van der Waals surface area contributed by atoms with Crippen LogP contribution in [-0.2, 0) is 15.3 Å². The van der Waals surface area contributed by atoms with Crippen LogP contribution in [-0.4, -0.2) is 39.5 Å². The summed E-state index contributed by atoms with van der Waals surface area (Å²) in [6.07, 6.45) is 0.419. The highest BCUT2D eigenvalue weighted by atomic mass is 32.2. The van der Waals surface area contributed by atoms with E-state index in [4.69, 9.17) is 0 Å². The van der Waals surface area contributed by atoms with E-state index in [1.165, 1.54) is 7.11 Å². The van der Waals surface area contributed by atoms with Crippen molar-refractivity contribution in [2.24, 2.45) is 0 Å². The van der Waals surface area contributed by atoms with Crippen LogP contribution < -0.4 is 0 Å². The van der Waals surface area contributed by atoms with E-state index in [2.05, 4.69) is 25.4 Å². The molecule has 0 amide bonds. The van der Waals surface area contributed by atoms with E-state index in [1.54, 1.807) is 11.8 Å². The summed E-state index contributed by atoms with van der Waals surface area (Å²) in [6, 6.07) is 0. The van der Waals surface area contributed by atoms with Crippen molar-refractivity contribution < 1.29 is 9.53 Å². The molecule has 1 rings (SSSR count). The molecule has 13 heavy (non-hydrogen) atoms. The number of nitrogens with one attached hydrogen (secondary N) is 1. The Balaban J connectivity index is 2.05. The largest absolute Gasteiger partial charge is 0.469 e. The molecule has 0 saturated heterocycles. The zero-order valence-electron chi connectivity index (χ0n) is 7.19. The Morgan fingerprint density at radius 2 is 2.54 bits per heavy atom. The summed E-state index contributed by atoms with van der Waals surface area (Å²) in [5, 5.41) is 13.2. The minimum atomic E-state index is -0.191. The van der Waals surface area contributed by atoms with Crippen LogP contribution in [0.4, 0.5) is 0 Å². The zero-order valence-corrected chi connectivity index (χ0v) is 8.00. The quantitative estimate of drug-likeness (QED) is 0.534. The summed E-state index contributed by atoms with van der Waals surface area (Å²) in [5.74, 6) is 1.93. The highest BCUT2D eigenvalue weighted by molar-refractivity contribution is 7.98. The van der Waals surface area contributed by atoms with Crippen molar-refractivity contribution in [2.75, 3.05) is 12.9 Å². The summed E-state index contributed by atoms with van der Waals surface area (Å²) in [6.45, 7) is 0. The van der Waals surface area contributed by atoms with Crippen LogP contribution in [0.25, 0.3) is 0 Å². The van der Waals surface area contributed by atoms with Gasteiger partial charge in [-0.3, -0.25) is 4.79 Å². The van der Waals surface area contributed by atoms with Crippen molar-refractivity contribution in [3.8, 4) is 0 Å². The summed E-state index contributed by atoms with van der Waals surface area (Å²) >= 11 is 1.58. The van der Waals surface area contributed by atoms with Crippen LogP contribution in [0.2, 0.25) is 0 Å². The van der Waals surface area contributed by atoms with Crippen molar-refractivity contribution in [1.82, 2.24) is 20.6 Å². The monoisotopic (exact) mass is 202 g/mol. The Morgan fingerprint density at radius 3 is 3.15 bits per heavy atom. The minimum absolute atomic E-state index is 0.191. The van der Waals surface area contributed by atoms with Crippen molar-refractivity contribution in [1.29, 1.82) is 0 Å². The Labute approximate surface area is 79.4 Å². The molecule has 0 radical (unpaired) electrons. The third kappa shape index (κ3) is 3.88. The second-order valence-electron chi connectivity index (χ2n) is 2.23. The van der Waals surface area contributed by atoms with Crippen molar-refractivity contribution >= 4 is 17.7 Å². The Kier molecular flexibility index (Phi) is 4.24. The fourth-order valence-electron chi connectivity index (χ4n) is 0.666. The number of hydrogen-bond acceptors (Lipinski definition) is 6. The summed E-state index contributed by atoms with van der Waals surface area (Å²) in [7, 11) is 1.38. The molecule has 72 valence electrons. The van der Waals surface area contributed by atoms with Crippen molar-refractivity contribution in [2.45, 2.75) is 12.2 Å². The van der Waals surface area contributed by atoms with Crippen LogP contribution in [0.1, 0.15) is 12.2 Å². The number of methoxy groups -OCH3 is 1. The Morgan fingerprint density at radius 1 is 1.69 bits per heavy atom. The average Bonchev–Trinajstić information content (AvgIpc) is 2.64. The summed E-state index contributed by atoms with van der Waals surface area (Å²) in [5.41, 5.74) is 0. The molecule has 0 unspecified atom stereocenters. The molecule has 0 atom stereocenters. The predicted molar refractivity (Wildman–Crippen MR) is 47.0 cm³/mol. The molecule has 0 fully saturated rings. The summed E-state index contributed by atoms with van der Waals surface area (Å²) in [4.78, 5) is 10.7. The molecule has 1 heterocycles. The smallest absolute Gasteiger partial charge is 0.306 e. The molecule has 0 spiro atoms. The van der Waals surface area contributed by atoms with Gasteiger partial charge in [-0.2, -0.15) is 11.8 Å². The third-order valence-electron chi connectivity index (χ3n) is 1.31. The number of hydrogen-bond donors (Lipinski definition) is 1. The van der Waals surface area contributed by atoms with E-state index >= 15 is 0 Å². The molecular formula is C6H10N4O2S. The topological polar surface area (TPSA) is 80.8 Å². The number of carbonyl (C=O) groups is 1. The van der Waals surface area contributed by atoms with Gasteiger partial charge in [0, 0.05) is 5.75 Å². The van der Waals surface area contributed by atoms with E-state index in [1.807, 2.05) is 0 Å². The molecule has 6 nitrogen and oxygen atoms in total. The van der Waals surface area contributed by atoms with Crippen LogP contribution in [0.15, 0.2) is 0 Å². The zero-order chi connectivity index (χ0) is 9.52. The third-order valence-corrected chi connectivity index (χ3v) is 2.28. The summed E-state index contributed by atoms with van der Waals surface area (Å²) < 4.78 is 4.49. The lowest BCUT2D eigenvalue weighted by molar-refractivity contribution is -0.140. The van der Waals surface area contributed by atoms with Crippen molar-refractivity contribution in [3.05, 3.63) is 5.82 Å². The maximum Gasteiger partial charge on any atom is 0.306 e. The maximum absolute atomic E-state index is 10.7. The van der Waals surface area contributed by atoms with E-state index in [-0.39, 0.29) is 5.97 Å². The van der Waals surface area contributed by atoms with Crippen LogP contribution in [0.3, 0.4) is 0 Å². The molecule has 0 aromatic carbocycles. The first-order valence-electron chi connectivity index (χ1n) is 3.70. The molecule has 0 aliphatic heterocycles. The van der Waals surface area contributed by atoms with Gasteiger partial charge in [0.05, 0.1) is 19.3 Å². The average molecular weight is 202 g/mol. The predicted octanol–water partition coefficient (Wildman–Crippen LogP) is -0.00400. The highest BCUT2D eigenvalue weighted by Crippen LogP contribution is 2.08. The number of tetrazole rings is 1. The number of carbonyl (C=O) groups excluding carboxylic acids is 1. The van der Waals surface area contributed by atoms with Gasteiger partial charge in [-0.25, -0.2) is 5.10 Å². The number of aromatic amines is 1. The van der Waals surface area contributed by atoms with Gasteiger partial charge in [0.1, 0.15) is 0 Å². The van der Waals surface area contributed by atoms with E-state index in [0.29, 0.717) is 17.9 Å². The van der Waals surface area contributed by atoms with Gasteiger partial charge in [-0.05, 0) is 10.4 Å². The fourth-order valence-corrected chi connectivity index (χ4v) is 1.44. The lowest BCUT2D eigenvalue weighted by Crippen LogP contribution is -2.01. The van der Waals surface area contributed by atoms with Gasteiger partial charge in [-0.15, -0.1) is 5.10 Å². The van der Waals surface area contributed by atoms with Gasteiger partial charge in [0.15, 0.2) is 5.82 Å². The maximum atomic E-state index is 10.7. The molecule has 0 bridgehead atoms. The van der Waals surface area contributed by atoms with E-state index in [0.717, 1.165) is 5.82 Å². The number of aromatic nitrogens is 4. The molecule has 7 heteroatoms. The number of H-pyrrole nitrogens is 1. The standard InChI is InChI=1S/C6H10N4O2S/c1-12-6(11)2-3-13-4-5-7-9-10-8-5/h2-4H2,1H3,(H,7,8,9,10). The van der Waals surface area contributed by atoms with Gasteiger partial charge in [0.25, 0.3) is 0 Å². The fraction of sp³-hybridized carbons (Fsp3) is 0.667. The SMILES string of the molecule is COC(=O)CCSCc1nnn[nH]1. The number of ether oxygens (including phenoxy) is 1. The molecule has 0 aliphatic carbocycles. The van der Waals surface area contributed by atoms with Crippen molar-refractivity contribution in [3.63, 3.8) is 0 Å². The number of nitrogens with zero attached hydrogens (tertiary/aromatic N) is 3. The lowest BCUT2D eigenvalue weighted by Gasteiger charge is -1.97. The number of thioether (sulfide) groups is 1. The molecule has 1 aromatic rings. The molecule has 0 aliphatic rings. The molecule has 0 saturated carbocycles. The normalized spacial score (nSPS) is 9.92. The van der Waals surface area contributed by atoms with Crippen LogP contribution >= 0.6 is 11.8 Å². The molecular weight excluding hydrogens is 192 g/mol. The van der Waals surface area contributed by atoms with Crippen LogP contribution in [0.5, 0.6) is 0 Å². The number of esters is 1. The Bertz CT molecular complexity index is 251. The highest BCUT2D eigenvalue weighted by Gasteiger charge is 2.01. The second-order valence-corrected chi connectivity index (χ2v) is 3.33. The van der Waals surface area contributed by atoms with E-state index in [9.17, 15) is 4.79 Å². The van der Waals surface area contributed by atoms with Gasteiger partial charge in [0.2, 0.25) is 0 Å². The lowest BCUT2D eigenvalue weighted by atomic mass is 10.5. The first kappa shape index (κ1) is 9.97. The van der Waals surface area contributed by atoms with Gasteiger partial charge in [-0.1, -0.05) is 0 Å². The first-order chi connectivity index (χ1) is 6.33.